The maximum atomic E-state index is 11.4. The van der Waals surface area contributed by atoms with Crippen LogP contribution in [0.25, 0.3) is 10.9 Å². The number of nitrogens with zero attached hydrogens (tertiary/aromatic N) is 2. The van der Waals surface area contributed by atoms with E-state index in [1.165, 1.54) is 27.6 Å². The fourth-order valence-electron chi connectivity index (χ4n) is 7.52. The van der Waals surface area contributed by atoms with Gasteiger partial charge in [-0.05, 0) is 59.6 Å². The van der Waals surface area contributed by atoms with Crippen LogP contribution in [0.1, 0.15) is 40.0 Å². The average molecular weight is 444 g/mol. The highest BCUT2D eigenvalue weighted by Gasteiger charge is 2.92. The number of aromatic nitrogens is 1. The van der Waals surface area contributed by atoms with Crippen LogP contribution in [0, 0.1) is 24.2 Å². The largest absolute Gasteiger partial charge is 0.496 e. The summed E-state index contributed by atoms with van der Waals surface area (Å²) in [6, 6.07) is 13.4. The summed E-state index contributed by atoms with van der Waals surface area (Å²) in [4.78, 5) is 20.2. The van der Waals surface area contributed by atoms with Crippen LogP contribution >= 0.6 is 0 Å². The Balaban J connectivity index is 1.28. The number of fused-ring (bicyclic) bond motifs is 1. The molecule has 4 heterocycles. The van der Waals surface area contributed by atoms with Crippen molar-refractivity contribution in [1.29, 1.82) is 0 Å². The number of hydrogen-bond donors (Lipinski definition) is 2. The molecule has 8 rings (SSSR count). The predicted molar refractivity (Wildman–Crippen MR) is 126 cm³/mol. The van der Waals surface area contributed by atoms with Gasteiger partial charge in [0, 0.05) is 60.4 Å². The van der Waals surface area contributed by atoms with Crippen LogP contribution in [0.4, 0.5) is 0 Å². The molecular weight excluding hydrogens is 414 g/mol. The number of H-pyrrole nitrogens is 1. The van der Waals surface area contributed by atoms with Gasteiger partial charge in [0.15, 0.2) is 0 Å². The Morgan fingerprint density at radius 3 is 2.67 bits per heavy atom. The second-order valence-electron chi connectivity index (χ2n) is 10.6. The van der Waals surface area contributed by atoms with Gasteiger partial charge >= 0.3 is 5.97 Å². The maximum Gasteiger partial charge on any atom is 0.335 e. The second-order valence-corrected chi connectivity index (χ2v) is 10.6. The molecule has 0 amide bonds. The number of hydrogen-bond acceptors (Lipinski definition) is 4. The molecule has 3 aromatic rings. The minimum Gasteiger partial charge on any atom is -0.496 e. The molecule has 2 saturated carbocycles. The Morgan fingerprint density at radius 1 is 1.21 bits per heavy atom. The van der Waals surface area contributed by atoms with E-state index in [0.717, 1.165) is 43.3 Å². The Labute approximate surface area is 193 Å². The first kappa shape index (κ1) is 19.6. The van der Waals surface area contributed by atoms with E-state index in [0.29, 0.717) is 17.0 Å². The molecule has 6 atom stereocenters. The van der Waals surface area contributed by atoms with Crippen molar-refractivity contribution in [2.75, 3.05) is 20.2 Å². The van der Waals surface area contributed by atoms with E-state index < -0.39 is 5.97 Å². The van der Waals surface area contributed by atoms with Crippen molar-refractivity contribution < 1.29 is 14.6 Å². The van der Waals surface area contributed by atoms with Gasteiger partial charge in [-0.3, -0.25) is 9.80 Å². The van der Waals surface area contributed by atoms with Crippen LogP contribution in [0.5, 0.6) is 5.75 Å². The first-order valence-electron chi connectivity index (χ1n) is 11.9. The van der Waals surface area contributed by atoms with Crippen LogP contribution in [0.2, 0.25) is 0 Å². The number of aryl methyl sites for hydroxylation is 1. The fourth-order valence-corrected chi connectivity index (χ4v) is 7.52. The van der Waals surface area contributed by atoms with Crippen molar-refractivity contribution in [3.8, 4) is 5.75 Å². The van der Waals surface area contributed by atoms with E-state index in [-0.39, 0.29) is 6.04 Å². The van der Waals surface area contributed by atoms with Crippen molar-refractivity contribution in [3.63, 3.8) is 0 Å². The first-order chi connectivity index (χ1) is 15.9. The van der Waals surface area contributed by atoms with Crippen molar-refractivity contribution in [3.05, 3.63) is 64.8 Å². The lowest BCUT2D eigenvalue weighted by molar-refractivity contribution is 0.0422. The summed E-state index contributed by atoms with van der Waals surface area (Å²) in [6.07, 6.45) is 2.01. The van der Waals surface area contributed by atoms with Gasteiger partial charge in [0.05, 0.1) is 12.7 Å². The predicted octanol–water partition coefficient (Wildman–Crippen LogP) is 4.06. The summed E-state index contributed by atoms with van der Waals surface area (Å²) in [5, 5.41) is 10.6. The SMILES string of the molecule is COc1cc(C)c2[nH]ccc2c1CN1C[C@@H]2C3[C@@H]4[C@H](N2C[C@@H]1c1ccc(C(=O)O)cc1)[C@]34C. The molecule has 6 heteroatoms. The zero-order valence-corrected chi connectivity index (χ0v) is 19.2. The van der Waals surface area contributed by atoms with Crippen molar-refractivity contribution in [2.24, 2.45) is 17.3 Å². The smallest absolute Gasteiger partial charge is 0.335 e. The number of aromatic carboxylic acids is 1. The van der Waals surface area contributed by atoms with Crippen molar-refractivity contribution >= 4 is 16.9 Å². The topological polar surface area (TPSA) is 68.8 Å². The third kappa shape index (κ3) is 2.48. The Bertz CT molecular complexity index is 1300. The second kappa shape index (κ2) is 6.39. The summed E-state index contributed by atoms with van der Waals surface area (Å²) >= 11 is 0. The lowest BCUT2D eigenvalue weighted by Crippen LogP contribution is -2.51. The number of benzene rings is 2. The van der Waals surface area contributed by atoms with Gasteiger partial charge in [0.25, 0.3) is 0 Å². The molecule has 0 radical (unpaired) electrons. The maximum absolute atomic E-state index is 11.4. The number of carboxylic acids is 1. The number of aromatic amines is 1. The van der Waals surface area contributed by atoms with Crippen LogP contribution in [-0.2, 0) is 6.54 Å². The van der Waals surface area contributed by atoms with Crippen LogP contribution in [-0.4, -0.2) is 58.1 Å². The third-order valence-corrected chi connectivity index (χ3v) is 9.26. The van der Waals surface area contributed by atoms with E-state index in [4.69, 9.17) is 4.74 Å². The fraction of sp³-hybridized carbons (Fsp3) is 0.444. The minimum absolute atomic E-state index is 0.228. The van der Waals surface area contributed by atoms with Gasteiger partial charge < -0.3 is 14.8 Å². The summed E-state index contributed by atoms with van der Waals surface area (Å²) in [5.41, 5.74) is 5.69. The highest BCUT2D eigenvalue weighted by atomic mass is 16.5. The van der Waals surface area contributed by atoms with E-state index in [2.05, 4.69) is 40.8 Å². The summed E-state index contributed by atoms with van der Waals surface area (Å²) in [5.74, 6) is 1.82. The van der Waals surface area contributed by atoms with Gasteiger partial charge in [-0.2, -0.15) is 0 Å². The van der Waals surface area contributed by atoms with Crippen molar-refractivity contribution in [2.45, 2.75) is 38.5 Å². The Morgan fingerprint density at radius 2 is 1.97 bits per heavy atom. The monoisotopic (exact) mass is 443 g/mol. The number of rotatable bonds is 5. The number of carboxylic acid groups (broad SMARTS) is 1. The zero-order valence-electron chi connectivity index (χ0n) is 19.2. The number of piperazine rings is 1. The highest BCUT2D eigenvalue weighted by Crippen LogP contribution is 2.87. The molecule has 3 saturated heterocycles. The van der Waals surface area contributed by atoms with Gasteiger partial charge in [0.1, 0.15) is 5.75 Å². The molecule has 5 aliphatic rings. The number of nitrogens with one attached hydrogen (secondary N) is 1. The zero-order chi connectivity index (χ0) is 22.6. The molecule has 170 valence electrons. The molecule has 1 aromatic heterocycles. The molecule has 0 spiro atoms. The summed E-state index contributed by atoms with van der Waals surface area (Å²) in [7, 11) is 1.76. The molecule has 6 nitrogen and oxygen atoms in total. The Hall–Kier alpha value is -2.83. The summed E-state index contributed by atoms with van der Waals surface area (Å²) < 4.78 is 5.85. The molecule has 3 aliphatic heterocycles. The average Bonchev–Trinajstić information content (AvgIpc) is 3.32. The van der Waals surface area contributed by atoms with Gasteiger partial charge in [0.2, 0.25) is 0 Å². The van der Waals surface area contributed by atoms with Crippen molar-refractivity contribution in [1.82, 2.24) is 14.8 Å². The molecule has 5 fully saturated rings. The number of methoxy groups -OCH3 is 1. The Kier molecular flexibility index (Phi) is 3.80. The standard InChI is InChI=1S/C27H29N3O3/c1-14-10-21(33-3)18(17-8-9-28-24(14)17)11-29-12-20-22-23-25(27(22,23)2)30(20)13-19(29)15-4-6-16(7-5-15)26(31)32/h4-10,19-20,22-23,25,28H,11-13H2,1-3H3,(H,31,32)/t19-,20-,22?,23-,25+,27-/m1/s1. The first-order valence-corrected chi connectivity index (χ1v) is 11.9. The molecule has 2 bridgehead atoms. The van der Waals surface area contributed by atoms with Gasteiger partial charge in [-0.25, -0.2) is 4.79 Å². The molecule has 2 N–H and O–H groups in total. The number of piperidine rings is 1. The van der Waals surface area contributed by atoms with E-state index in [9.17, 15) is 9.90 Å². The number of ether oxygens (including phenoxy) is 1. The minimum atomic E-state index is -0.877. The van der Waals surface area contributed by atoms with Gasteiger partial charge in [-0.1, -0.05) is 19.1 Å². The van der Waals surface area contributed by atoms with E-state index >= 15 is 0 Å². The van der Waals surface area contributed by atoms with E-state index in [1.807, 2.05) is 18.3 Å². The van der Waals surface area contributed by atoms with Crippen LogP contribution in [0.3, 0.4) is 0 Å². The third-order valence-electron chi connectivity index (χ3n) is 9.26. The molecule has 2 aliphatic carbocycles. The summed E-state index contributed by atoms with van der Waals surface area (Å²) in [6.45, 7) is 7.45. The normalized spacial score (nSPS) is 34.2. The quantitative estimate of drug-likeness (QED) is 0.623. The van der Waals surface area contributed by atoms with Crippen LogP contribution in [0.15, 0.2) is 42.6 Å². The molecule has 1 unspecified atom stereocenters. The van der Waals surface area contributed by atoms with Gasteiger partial charge in [-0.15, -0.1) is 0 Å². The lowest BCUT2D eigenvalue weighted by atomic mass is 9.96. The molecular formula is C27H29N3O3. The number of carbonyl (C=O) groups is 1. The highest BCUT2D eigenvalue weighted by molar-refractivity contribution is 5.88. The molecule has 33 heavy (non-hydrogen) atoms. The molecule has 2 aromatic carbocycles. The van der Waals surface area contributed by atoms with E-state index in [1.54, 1.807) is 19.2 Å². The van der Waals surface area contributed by atoms with Crippen LogP contribution < -0.4 is 4.74 Å². The lowest BCUT2D eigenvalue weighted by Gasteiger charge is -2.44.